The van der Waals surface area contributed by atoms with E-state index in [2.05, 4.69) is 9.47 Å². The first-order valence-electron chi connectivity index (χ1n) is 11.8. The van der Waals surface area contributed by atoms with Crippen molar-refractivity contribution < 1.29 is 142 Å². The Morgan fingerprint density at radius 2 is 0.577 bits per heavy atom. The maximum atomic E-state index is 13.7. The second-order valence-electron chi connectivity index (χ2n) is 9.94. The van der Waals surface area contributed by atoms with E-state index in [4.69, 9.17) is 0 Å². The molecule has 0 aliphatic carbocycles. The van der Waals surface area contributed by atoms with Gasteiger partial charge in [-0.1, -0.05) is 6.92 Å². The molecule has 0 atom stereocenters. The minimum Gasteiger partial charge on any atom is -0.396 e. The Morgan fingerprint density at radius 1 is 0.385 bits per heavy atom. The largest absolute Gasteiger partial charge is 0.473 e. The molecule has 0 aromatic carbocycles. The van der Waals surface area contributed by atoms with Crippen LogP contribution >= 0.6 is 0 Å². The molecule has 0 bridgehead atoms. The molecule has 0 rings (SSSR count). The Bertz CT molecular complexity index is 1190. The van der Waals surface area contributed by atoms with Crippen LogP contribution in [0.3, 0.4) is 0 Å². The fourth-order valence-corrected chi connectivity index (χ4v) is 2.99. The fourth-order valence-electron chi connectivity index (χ4n) is 2.99. The first kappa shape index (κ1) is 49.0. The lowest BCUT2D eigenvalue weighted by atomic mass is 9.93. The van der Waals surface area contributed by atoms with Gasteiger partial charge in [0.15, 0.2) is 0 Å². The molecule has 0 radical (unpaired) electrons. The molecule has 0 aliphatic rings. The minimum absolute atomic E-state index is 0.0422. The van der Waals surface area contributed by atoms with E-state index in [1.807, 2.05) is 0 Å². The summed E-state index contributed by atoms with van der Waals surface area (Å²) in [6.45, 7) is 0.0422. The summed E-state index contributed by atoms with van der Waals surface area (Å²) in [5.74, 6) is -92.3. The zero-order chi connectivity index (χ0) is 42.7. The molecule has 52 heavy (non-hydrogen) atoms. The highest BCUT2D eigenvalue weighted by Crippen LogP contribution is 2.62. The van der Waals surface area contributed by atoms with Gasteiger partial charge in [-0.2, -0.15) is 105 Å². The molecule has 0 spiro atoms. The molecule has 0 saturated heterocycles. The summed E-state index contributed by atoms with van der Waals surface area (Å²) in [7, 11) is 0. The third-order valence-corrected chi connectivity index (χ3v) is 6.00. The monoisotopic (exact) mass is 846 g/mol. The van der Waals surface area contributed by atoms with Crippen LogP contribution in [0.5, 0.6) is 0 Å². The highest BCUT2D eigenvalue weighted by molar-refractivity contribution is 5.73. The van der Waals surface area contributed by atoms with Crippen molar-refractivity contribution in [2.45, 2.75) is 104 Å². The van der Waals surface area contributed by atoms with E-state index in [0.717, 1.165) is 0 Å². The van der Waals surface area contributed by atoms with Crippen LogP contribution in [0.1, 0.15) is 19.8 Å². The van der Waals surface area contributed by atoms with Crippen molar-refractivity contribution in [3.05, 3.63) is 0 Å². The zero-order valence-electron chi connectivity index (χ0n) is 23.4. The summed E-state index contributed by atoms with van der Waals surface area (Å²) in [5.41, 5.74) is 0. The van der Waals surface area contributed by atoms with Crippen molar-refractivity contribution in [3.8, 4) is 0 Å². The lowest BCUT2D eigenvalue weighted by molar-refractivity contribution is -0.455. The number of ether oxygens (including phenoxy) is 2. The molecule has 0 amide bonds. The Labute approximate surface area is 265 Å². The van der Waals surface area contributed by atoms with Crippen molar-refractivity contribution in [3.63, 3.8) is 0 Å². The molecule has 4 nitrogen and oxygen atoms in total. The quantitative estimate of drug-likeness (QED) is 0.102. The third-order valence-electron chi connectivity index (χ3n) is 6.00. The summed E-state index contributed by atoms with van der Waals surface area (Å²) in [6, 6.07) is 0. The maximum absolute atomic E-state index is 13.7. The molecule has 0 fully saturated rings. The first-order valence-corrected chi connectivity index (χ1v) is 11.8. The molecular weight excluding hydrogens is 836 g/mol. The van der Waals surface area contributed by atoms with Gasteiger partial charge in [0, 0.05) is 12.8 Å². The summed E-state index contributed by atoms with van der Waals surface area (Å²) in [6.07, 6.45) is -32.2. The van der Waals surface area contributed by atoms with Crippen LogP contribution in [-0.4, -0.2) is 96.2 Å². The van der Waals surface area contributed by atoms with E-state index >= 15 is 0 Å². The Hall–Kier alpha value is -3.02. The molecule has 0 unspecified atom stereocenters. The second-order valence-corrected chi connectivity index (χ2v) is 9.94. The summed E-state index contributed by atoms with van der Waals surface area (Å²) >= 11 is 0. The fraction of sp³-hybridized carbons (Fsp3) is 0.900. The molecule has 0 N–H and O–H groups in total. The van der Waals surface area contributed by atoms with E-state index in [9.17, 15) is 133 Å². The maximum Gasteiger partial charge on any atom is 0.473 e. The van der Waals surface area contributed by atoms with Crippen molar-refractivity contribution >= 4 is 11.9 Å². The number of hydrogen-bond donors (Lipinski definition) is 0. The SMILES string of the molecule is CC(CC(=O)OC(F)(F)C(F)(F)C(F)(F)C(F)(F)C(F)(F)C(F)(F)C(F)F)CC(=O)OC(F)(F)C(F)(F)C(F)(F)C(F)(F)C(F)(F)C(F)(F)C(F)F. The van der Waals surface area contributed by atoms with Gasteiger partial charge in [-0.05, 0) is 5.92 Å². The Balaban J connectivity index is 6.13. The summed E-state index contributed by atoms with van der Waals surface area (Å²) in [4.78, 5) is 22.8. The van der Waals surface area contributed by atoms with Gasteiger partial charge < -0.3 is 9.47 Å². The molecule has 0 aromatic heterocycles. The molecule has 0 aliphatic heterocycles. The average Bonchev–Trinajstić information content (AvgIpc) is 2.90. The standard InChI is InChI=1S/C20H10F28O4/c1-4(2-5(49)51-19(45,46)17(41,42)15(37,38)13(33,34)11(29,30)9(25,26)7(21)22)3-6(50)52-20(47,48)18(43,44)16(39,40)14(35,36)12(31,32)10(27,28)8(23)24/h4,7-8H,2-3H2,1H3. The van der Waals surface area contributed by atoms with Gasteiger partial charge in [0.05, 0.1) is 0 Å². The van der Waals surface area contributed by atoms with Crippen molar-refractivity contribution in [1.82, 2.24) is 0 Å². The number of rotatable bonds is 18. The predicted octanol–water partition coefficient (Wildman–Crippen LogP) is 9.56. The van der Waals surface area contributed by atoms with E-state index in [1.165, 1.54) is 0 Å². The molecule has 0 heterocycles. The summed E-state index contributed by atoms with van der Waals surface area (Å²) in [5, 5.41) is 0. The van der Waals surface area contributed by atoms with Crippen LogP contribution in [0.2, 0.25) is 0 Å². The minimum atomic E-state index is -8.60. The zero-order valence-corrected chi connectivity index (χ0v) is 23.4. The topological polar surface area (TPSA) is 52.6 Å². The van der Waals surface area contributed by atoms with Gasteiger partial charge in [-0.15, -0.1) is 0 Å². The third kappa shape index (κ3) is 7.26. The number of alkyl halides is 28. The van der Waals surface area contributed by atoms with E-state index < -0.39 is 115 Å². The van der Waals surface area contributed by atoms with Gasteiger partial charge in [-0.3, -0.25) is 9.59 Å². The molecule has 0 saturated carbocycles. The number of esters is 2. The Morgan fingerprint density at radius 3 is 0.769 bits per heavy atom. The van der Waals surface area contributed by atoms with E-state index in [1.54, 1.807) is 0 Å². The average molecular weight is 846 g/mol. The number of hydrogen-bond acceptors (Lipinski definition) is 4. The van der Waals surface area contributed by atoms with Crippen LogP contribution in [0.25, 0.3) is 0 Å². The smallest absolute Gasteiger partial charge is 0.396 e. The number of halogens is 28. The van der Waals surface area contributed by atoms with Gasteiger partial charge in [-0.25, -0.2) is 17.6 Å². The molecule has 0 aromatic rings. The first-order chi connectivity index (χ1) is 22.3. The number of carbonyl (C=O) groups excluding carboxylic acids is 2. The van der Waals surface area contributed by atoms with Crippen molar-refractivity contribution in [1.29, 1.82) is 0 Å². The van der Waals surface area contributed by atoms with Gasteiger partial charge in [0.25, 0.3) is 0 Å². The van der Waals surface area contributed by atoms with Crippen LogP contribution in [0, 0.1) is 5.92 Å². The van der Waals surface area contributed by atoms with Crippen molar-refractivity contribution in [2.75, 3.05) is 0 Å². The highest BCUT2D eigenvalue weighted by Gasteiger charge is 2.93. The molecular formula is C20H10F28O4. The predicted molar refractivity (Wildman–Crippen MR) is 102 cm³/mol. The molecule has 310 valence electrons. The van der Waals surface area contributed by atoms with E-state index in [0.29, 0.717) is 0 Å². The lowest BCUT2D eigenvalue weighted by Crippen LogP contribution is -2.72. The van der Waals surface area contributed by atoms with Crippen LogP contribution in [0.4, 0.5) is 123 Å². The van der Waals surface area contributed by atoms with Gasteiger partial charge >= 0.3 is 96.2 Å². The highest BCUT2D eigenvalue weighted by atomic mass is 19.4. The number of carbonyl (C=O) groups is 2. The second kappa shape index (κ2) is 13.7. The van der Waals surface area contributed by atoms with Gasteiger partial charge in [0.1, 0.15) is 0 Å². The van der Waals surface area contributed by atoms with E-state index in [-0.39, 0.29) is 6.92 Å². The normalized spacial score (nSPS) is 15.8. The van der Waals surface area contributed by atoms with Crippen LogP contribution in [0.15, 0.2) is 0 Å². The van der Waals surface area contributed by atoms with Crippen LogP contribution in [-0.2, 0) is 19.1 Å². The Kier molecular flexibility index (Phi) is 12.9. The summed E-state index contributed by atoms with van der Waals surface area (Å²) < 4.78 is 374. The van der Waals surface area contributed by atoms with Gasteiger partial charge in [0.2, 0.25) is 0 Å². The van der Waals surface area contributed by atoms with Crippen molar-refractivity contribution in [2.24, 2.45) is 5.92 Å². The van der Waals surface area contributed by atoms with Crippen LogP contribution < -0.4 is 0 Å². The molecule has 32 heteroatoms. The lowest BCUT2D eigenvalue weighted by Gasteiger charge is -2.40.